The second kappa shape index (κ2) is 3.98. The van der Waals surface area contributed by atoms with Gasteiger partial charge in [-0.2, -0.15) is 0 Å². The molecule has 2 aliphatic heterocycles. The normalized spacial score (nSPS) is 37.2. The van der Waals surface area contributed by atoms with Crippen LogP contribution in [0.15, 0.2) is 0 Å². The standard InChI is InChI=1S/C12H19NO4/c1-4-5-7-9-12(11(16)17-9,13-10(7)15)8(14)6(2)3/h6-9,14H,4-5H2,1-3H3,(H,13,15)/t7-,8+,9+,12-/m1/s1. The van der Waals surface area contributed by atoms with E-state index in [9.17, 15) is 14.7 Å². The third-order valence-electron chi connectivity index (χ3n) is 3.75. The van der Waals surface area contributed by atoms with Gasteiger partial charge in [0.25, 0.3) is 0 Å². The summed E-state index contributed by atoms with van der Waals surface area (Å²) in [6.45, 7) is 5.62. The van der Waals surface area contributed by atoms with Gasteiger partial charge in [0.15, 0.2) is 0 Å². The van der Waals surface area contributed by atoms with Crippen LogP contribution >= 0.6 is 0 Å². The van der Waals surface area contributed by atoms with Crippen molar-refractivity contribution < 1.29 is 19.4 Å². The number of amides is 1. The molecule has 2 N–H and O–H groups in total. The Morgan fingerprint density at radius 2 is 2.12 bits per heavy atom. The summed E-state index contributed by atoms with van der Waals surface area (Å²) in [5.74, 6) is -1.10. The summed E-state index contributed by atoms with van der Waals surface area (Å²) in [6.07, 6.45) is 0.135. The highest BCUT2D eigenvalue weighted by Crippen LogP contribution is 2.44. The van der Waals surface area contributed by atoms with Crippen molar-refractivity contribution in [2.45, 2.75) is 51.4 Å². The van der Waals surface area contributed by atoms with E-state index in [-0.39, 0.29) is 17.7 Å². The fourth-order valence-corrected chi connectivity index (χ4v) is 2.80. The molecule has 0 unspecified atom stereocenters. The van der Waals surface area contributed by atoms with Crippen molar-refractivity contribution in [2.24, 2.45) is 11.8 Å². The predicted octanol–water partition coefficient (Wildman–Crippen LogP) is 0.214. The number of carbonyl (C=O) groups is 2. The summed E-state index contributed by atoms with van der Waals surface area (Å²) in [6, 6.07) is 0. The van der Waals surface area contributed by atoms with Crippen LogP contribution in [0.2, 0.25) is 0 Å². The SMILES string of the molecule is CCC[C@H]1C(=O)N[C@@]2([C@@H](O)C(C)C)C(=O)O[C@@H]12. The van der Waals surface area contributed by atoms with Crippen LogP contribution in [0, 0.1) is 11.8 Å². The van der Waals surface area contributed by atoms with Crippen molar-refractivity contribution in [3.05, 3.63) is 0 Å². The smallest absolute Gasteiger partial charge is 0.338 e. The van der Waals surface area contributed by atoms with Crippen molar-refractivity contribution in [3.8, 4) is 0 Å². The molecular formula is C12H19NO4. The third-order valence-corrected chi connectivity index (χ3v) is 3.75. The first-order valence-electron chi connectivity index (χ1n) is 6.16. The molecule has 0 radical (unpaired) electrons. The summed E-state index contributed by atoms with van der Waals surface area (Å²) in [5.41, 5.74) is -1.19. The monoisotopic (exact) mass is 241 g/mol. The molecular weight excluding hydrogens is 222 g/mol. The fourth-order valence-electron chi connectivity index (χ4n) is 2.80. The summed E-state index contributed by atoms with van der Waals surface area (Å²) >= 11 is 0. The van der Waals surface area contributed by atoms with Crippen LogP contribution in [0.1, 0.15) is 33.6 Å². The van der Waals surface area contributed by atoms with Gasteiger partial charge in [-0.05, 0) is 12.3 Å². The Morgan fingerprint density at radius 3 is 2.59 bits per heavy atom. The van der Waals surface area contributed by atoms with Crippen LogP contribution in [0.3, 0.4) is 0 Å². The molecule has 0 aromatic carbocycles. The molecule has 0 aliphatic carbocycles. The van der Waals surface area contributed by atoms with E-state index >= 15 is 0 Å². The number of nitrogens with one attached hydrogen (secondary N) is 1. The molecule has 1 amide bonds. The van der Waals surface area contributed by atoms with E-state index in [0.717, 1.165) is 6.42 Å². The lowest BCUT2D eigenvalue weighted by Crippen LogP contribution is -2.73. The van der Waals surface area contributed by atoms with Gasteiger partial charge < -0.3 is 15.2 Å². The van der Waals surface area contributed by atoms with Crippen LogP contribution < -0.4 is 5.32 Å². The van der Waals surface area contributed by atoms with Gasteiger partial charge in [0.1, 0.15) is 6.10 Å². The summed E-state index contributed by atoms with van der Waals surface area (Å²) < 4.78 is 5.09. The molecule has 2 heterocycles. The van der Waals surface area contributed by atoms with Crippen LogP contribution in [0.4, 0.5) is 0 Å². The van der Waals surface area contributed by atoms with E-state index in [2.05, 4.69) is 5.32 Å². The maximum atomic E-state index is 11.8. The predicted molar refractivity (Wildman–Crippen MR) is 60.0 cm³/mol. The molecule has 96 valence electrons. The lowest BCUT2D eigenvalue weighted by Gasteiger charge is -2.46. The Kier molecular flexibility index (Phi) is 2.89. The number of hydrogen-bond acceptors (Lipinski definition) is 4. The van der Waals surface area contributed by atoms with Crippen molar-refractivity contribution in [1.82, 2.24) is 5.32 Å². The van der Waals surface area contributed by atoms with Gasteiger partial charge in [-0.1, -0.05) is 27.2 Å². The van der Waals surface area contributed by atoms with Crippen LogP contribution in [0.25, 0.3) is 0 Å². The first kappa shape index (κ1) is 12.4. The number of fused-ring (bicyclic) bond motifs is 1. The van der Waals surface area contributed by atoms with Gasteiger partial charge in [0.2, 0.25) is 11.4 Å². The van der Waals surface area contributed by atoms with Gasteiger partial charge in [-0.25, -0.2) is 4.79 Å². The van der Waals surface area contributed by atoms with Crippen LogP contribution in [-0.2, 0) is 14.3 Å². The van der Waals surface area contributed by atoms with Crippen LogP contribution in [-0.4, -0.2) is 34.7 Å². The molecule has 2 aliphatic rings. The molecule has 5 heteroatoms. The molecule has 2 saturated heterocycles. The highest BCUT2D eigenvalue weighted by molar-refractivity contribution is 6.00. The summed E-state index contributed by atoms with van der Waals surface area (Å²) in [7, 11) is 0. The van der Waals surface area contributed by atoms with Gasteiger partial charge in [-0.15, -0.1) is 0 Å². The highest BCUT2D eigenvalue weighted by atomic mass is 16.6. The average molecular weight is 241 g/mol. The summed E-state index contributed by atoms with van der Waals surface area (Å²) in [4.78, 5) is 23.5. The van der Waals surface area contributed by atoms with Gasteiger partial charge in [0, 0.05) is 0 Å². The quantitative estimate of drug-likeness (QED) is 0.690. The topological polar surface area (TPSA) is 75.6 Å². The van der Waals surface area contributed by atoms with E-state index in [1.165, 1.54) is 0 Å². The van der Waals surface area contributed by atoms with Crippen LogP contribution in [0.5, 0.6) is 0 Å². The first-order chi connectivity index (χ1) is 7.95. The molecule has 2 rings (SSSR count). The second-order valence-corrected chi connectivity index (χ2v) is 5.27. The second-order valence-electron chi connectivity index (χ2n) is 5.27. The minimum Gasteiger partial charge on any atom is -0.456 e. The molecule has 5 nitrogen and oxygen atoms in total. The zero-order valence-electron chi connectivity index (χ0n) is 10.4. The van der Waals surface area contributed by atoms with Crippen molar-refractivity contribution >= 4 is 11.9 Å². The van der Waals surface area contributed by atoms with Crippen molar-refractivity contribution in [3.63, 3.8) is 0 Å². The highest BCUT2D eigenvalue weighted by Gasteiger charge is 2.71. The van der Waals surface area contributed by atoms with Gasteiger partial charge in [-0.3, -0.25) is 4.79 Å². The number of hydrogen-bond donors (Lipinski definition) is 2. The summed E-state index contributed by atoms with van der Waals surface area (Å²) in [5, 5.41) is 12.8. The fraction of sp³-hybridized carbons (Fsp3) is 0.833. The number of esters is 1. The van der Waals surface area contributed by atoms with Crippen molar-refractivity contribution in [2.75, 3.05) is 0 Å². The van der Waals surface area contributed by atoms with E-state index < -0.39 is 23.7 Å². The number of carbonyl (C=O) groups excluding carboxylic acids is 2. The molecule has 2 fully saturated rings. The minimum absolute atomic E-state index is 0.106. The average Bonchev–Trinajstić information content (AvgIpc) is 2.49. The molecule has 0 saturated carbocycles. The third kappa shape index (κ3) is 1.48. The van der Waals surface area contributed by atoms with Gasteiger partial charge in [0.05, 0.1) is 12.0 Å². The molecule has 17 heavy (non-hydrogen) atoms. The lowest BCUT2D eigenvalue weighted by atomic mass is 9.75. The number of aliphatic hydroxyl groups excluding tert-OH is 1. The zero-order valence-corrected chi connectivity index (χ0v) is 10.4. The first-order valence-corrected chi connectivity index (χ1v) is 6.16. The van der Waals surface area contributed by atoms with E-state index in [0.29, 0.717) is 6.42 Å². The van der Waals surface area contributed by atoms with E-state index in [4.69, 9.17) is 4.74 Å². The molecule has 0 aromatic rings. The largest absolute Gasteiger partial charge is 0.456 e. The lowest BCUT2D eigenvalue weighted by molar-refractivity contribution is -0.207. The van der Waals surface area contributed by atoms with E-state index in [1.807, 2.05) is 20.8 Å². The zero-order chi connectivity index (χ0) is 12.8. The Balaban J connectivity index is 2.27. The number of aliphatic hydroxyl groups is 1. The Bertz CT molecular complexity index is 354. The Labute approximate surface area is 101 Å². The van der Waals surface area contributed by atoms with Gasteiger partial charge >= 0.3 is 5.97 Å². The Morgan fingerprint density at radius 1 is 1.47 bits per heavy atom. The molecule has 4 atom stereocenters. The maximum Gasteiger partial charge on any atom is 0.338 e. The van der Waals surface area contributed by atoms with E-state index in [1.54, 1.807) is 0 Å². The number of rotatable bonds is 4. The molecule has 0 bridgehead atoms. The number of ether oxygens (including phenoxy) is 1. The Hall–Kier alpha value is -1.10. The maximum absolute atomic E-state index is 11.8. The molecule has 0 spiro atoms. The molecule has 0 aromatic heterocycles. The van der Waals surface area contributed by atoms with Crippen molar-refractivity contribution in [1.29, 1.82) is 0 Å². The minimum atomic E-state index is -1.19.